The van der Waals surface area contributed by atoms with Gasteiger partial charge in [0.1, 0.15) is 0 Å². The summed E-state index contributed by atoms with van der Waals surface area (Å²) in [5.74, 6) is 2.53. The summed E-state index contributed by atoms with van der Waals surface area (Å²) in [5, 5.41) is -0.344. The fourth-order valence-corrected chi connectivity index (χ4v) is 6.42. The maximum absolute atomic E-state index is 12.3. The van der Waals surface area contributed by atoms with Crippen molar-refractivity contribution < 1.29 is 9.59 Å². The predicted molar refractivity (Wildman–Crippen MR) is 80.7 cm³/mol. The van der Waals surface area contributed by atoms with Crippen LogP contribution in [0.4, 0.5) is 0 Å². The molecule has 2 atom stereocenters. The smallest absolute Gasteiger partial charge is 0.227 e. The Morgan fingerprint density at radius 1 is 1.19 bits per heavy atom. The lowest BCUT2D eigenvalue weighted by molar-refractivity contribution is -0.140. The molecule has 4 aliphatic carbocycles. The van der Waals surface area contributed by atoms with Crippen LogP contribution in [0.15, 0.2) is 0 Å². The minimum Gasteiger partial charge on any atom is -0.339 e. The zero-order chi connectivity index (χ0) is 14.8. The molecule has 0 aromatic heterocycles. The zero-order valence-corrected chi connectivity index (χ0v) is 13.4. The SMILES string of the molecule is CC(N1CC(C(=O)Cl)CC1=O)C12CC3CC(CC(C3)C1)C2. The summed E-state index contributed by atoms with van der Waals surface area (Å²) in [5.41, 5.74) is 0.328. The van der Waals surface area contributed by atoms with Gasteiger partial charge in [-0.3, -0.25) is 9.59 Å². The van der Waals surface area contributed by atoms with Gasteiger partial charge in [-0.1, -0.05) is 0 Å². The summed E-state index contributed by atoms with van der Waals surface area (Å²) in [4.78, 5) is 25.7. The van der Waals surface area contributed by atoms with E-state index in [2.05, 4.69) is 6.92 Å². The van der Waals surface area contributed by atoms with Crippen LogP contribution in [0.3, 0.4) is 0 Å². The Kier molecular flexibility index (Phi) is 3.15. The third-order valence-corrected chi connectivity index (χ3v) is 7.23. The van der Waals surface area contributed by atoms with Gasteiger partial charge in [-0.2, -0.15) is 0 Å². The van der Waals surface area contributed by atoms with Gasteiger partial charge in [0.25, 0.3) is 0 Å². The molecule has 1 heterocycles. The molecule has 1 saturated heterocycles. The summed E-state index contributed by atoms with van der Waals surface area (Å²) < 4.78 is 0. The summed E-state index contributed by atoms with van der Waals surface area (Å²) in [7, 11) is 0. The van der Waals surface area contributed by atoms with Gasteiger partial charge in [0.15, 0.2) is 0 Å². The summed E-state index contributed by atoms with van der Waals surface area (Å²) in [6.45, 7) is 2.77. The average Bonchev–Trinajstić information content (AvgIpc) is 2.78. The van der Waals surface area contributed by atoms with Gasteiger partial charge in [0.05, 0.1) is 5.92 Å². The highest BCUT2D eigenvalue weighted by Gasteiger charge is 2.55. The number of amides is 1. The molecular formula is C17H24ClNO2. The van der Waals surface area contributed by atoms with Crippen molar-refractivity contribution in [1.82, 2.24) is 4.90 Å². The lowest BCUT2D eigenvalue weighted by atomic mass is 9.47. The second-order valence-electron chi connectivity index (χ2n) is 8.21. The number of halogens is 1. The van der Waals surface area contributed by atoms with Crippen molar-refractivity contribution in [2.75, 3.05) is 6.54 Å². The van der Waals surface area contributed by atoms with E-state index in [0.29, 0.717) is 18.4 Å². The lowest BCUT2D eigenvalue weighted by Crippen LogP contribution is -2.56. The fraction of sp³-hybridized carbons (Fsp3) is 0.882. The number of nitrogens with zero attached hydrogens (tertiary/aromatic N) is 1. The average molecular weight is 310 g/mol. The second-order valence-corrected chi connectivity index (χ2v) is 8.58. The molecule has 4 saturated carbocycles. The van der Waals surface area contributed by atoms with Crippen molar-refractivity contribution in [3.05, 3.63) is 0 Å². The first-order valence-corrected chi connectivity index (χ1v) is 8.83. The van der Waals surface area contributed by atoms with Crippen molar-refractivity contribution in [2.45, 2.75) is 57.9 Å². The van der Waals surface area contributed by atoms with Crippen LogP contribution < -0.4 is 0 Å². The van der Waals surface area contributed by atoms with E-state index in [4.69, 9.17) is 11.6 Å². The Hall–Kier alpha value is -0.570. The molecular weight excluding hydrogens is 286 g/mol. The quantitative estimate of drug-likeness (QED) is 0.751. The monoisotopic (exact) mass is 309 g/mol. The van der Waals surface area contributed by atoms with E-state index in [1.165, 1.54) is 38.5 Å². The van der Waals surface area contributed by atoms with Crippen LogP contribution in [-0.2, 0) is 9.59 Å². The molecule has 116 valence electrons. The topological polar surface area (TPSA) is 37.4 Å². The second kappa shape index (κ2) is 4.71. The van der Waals surface area contributed by atoms with Crippen LogP contribution in [0, 0.1) is 29.1 Å². The molecule has 5 aliphatic rings. The maximum Gasteiger partial charge on any atom is 0.227 e. The standard InChI is InChI=1S/C17H24ClNO2/c1-10(19-9-14(16(18)21)5-15(19)20)17-6-11-2-12(7-17)4-13(3-11)8-17/h10-14H,2-9H2,1H3. The molecule has 0 spiro atoms. The van der Waals surface area contributed by atoms with E-state index in [9.17, 15) is 9.59 Å². The number of likely N-dealkylation sites (tertiary alicyclic amines) is 1. The predicted octanol–water partition coefficient (Wildman–Crippen LogP) is 3.21. The highest BCUT2D eigenvalue weighted by atomic mass is 35.5. The lowest BCUT2D eigenvalue weighted by Gasteiger charge is -2.60. The molecule has 4 bridgehead atoms. The molecule has 5 fully saturated rings. The Morgan fingerprint density at radius 2 is 1.71 bits per heavy atom. The Bertz CT molecular complexity index is 454. The molecule has 0 radical (unpaired) electrons. The summed E-state index contributed by atoms with van der Waals surface area (Å²) in [6, 6.07) is 0.277. The molecule has 1 aliphatic heterocycles. The first kappa shape index (κ1) is 14.0. The third kappa shape index (κ3) is 2.15. The molecule has 21 heavy (non-hydrogen) atoms. The van der Waals surface area contributed by atoms with Gasteiger partial charge in [0, 0.05) is 19.0 Å². The largest absolute Gasteiger partial charge is 0.339 e. The van der Waals surface area contributed by atoms with Crippen molar-refractivity contribution in [1.29, 1.82) is 0 Å². The number of hydrogen-bond acceptors (Lipinski definition) is 2. The number of rotatable bonds is 3. The highest BCUT2D eigenvalue weighted by molar-refractivity contribution is 6.64. The normalized spacial score (nSPS) is 46.2. The Labute approximate surface area is 131 Å². The first-order chi connectivity index (χ1) is 9.97. The van der Waals surface area contributed by atoms with Gasteiger partial charge in [-0.05, 0) is 80.2 Å². The Balaban J connectivity index is 1.56. The number of hydrogen-bond donors (Lipinski definition) is 0. The van der Waals surface area contributed by atoms with E-state index >= 15 is 0 Å². The first-order valence-electron chi connectivity index (χ1n) is 8.45. The maximum atomic E-state index is 12.3. The Morgan fingerprint density at radius 3 is 2.14 bits per heavy atom. The van der Waals surface area contributed by atoms with Gasteiger partial charge in [-0.15, -0.1) is 0 Å². The van der Waals surface area contributed by atoms with Gasteiger partial charge in [-0.25, -0.2) is 0 Å². The minimum absolute atomic E-state index is 0.136. The number of carbonyl (C=O) groups is 2. The van der Waals surface area contributed by atoms with E-state index in [1.807, 2.05) is 4.90 Å². The van der Waals surface area contributed by atoms with Crippen LogP contribution in [0.2, 0.25) is 0 Å². The van der Waals surface area contributed by atoms with Crippen LogP contribution in [0.1, 0.15) is 51.9 Å². The van der Waals surface area contributed by atoms with E-state index < -0.39 is 0 Å². The summed E-state index contributed by atoms with van der Waals surface area (Å²) in [6.07, 6.45) is 8.46. The number of carbonyl (C=O) groups excluding carboxylic acids is 2. The highest BCUT2D eigenvalue weighted by Crippen LogP contribution is 2.62. The van der Waals surface area contributed by atoms with Crippen LogP contribution >= 0.6 is 11.6 Å². The molecule has 4 heteroatoms. The minimum atomic E-state index is -0.344. The van der Waals surface area contributed by atoms with Crippen molar-refractivity contribution in [2.24, 2.45) is 29.1 Å². The third-order valence-electron chi connectivity index (χ3n) is 6.92. The van der Waals surface area contributed by atoms with Crippen molar-refractivity contribution >= 4 is 22.8 Å². The molecule has 1 amide bonds. The van der Waals surface area contributed by atoms with E-state index in [0.717, 1.165) is 17.8 Å². The van der Waals surface area contributed by atoms with Crippen molar-refractivity contribution in [3.8, 4) is 0 Å². The molecule has 0 aromatic rings. The van der Waals surface area contributed by atoms with Crippen LogP contribution in [0.5, 0.6) is 0 Å². The van der Waals surface area contributed by atoms with Gasteiger partial charge in [0.2, 0.25) is 11.1 Å². The van der Waals surface area contributed by atoms with E-state index in [1.54, 1.807) is 0 Å². The van der Waals surface area contributed by atoms with Gasteiger partial charge >= 0.3 is 0 Å². The molecule has 2 unspecified atom stereocenters. The molecule has 0 aromatic carbocycles. The van der Waals surface area contributed by atoms with Crippen LogP contribution in [0.25, 0.3) is 0 Å². The zero-order valence-electron chi connectivity index (χ0n) is 12.7. The molecule has 0 N–H and O–H groups in total. The van der Waals surface area contributed by atoms with Crippen molar-refractivity contribution in [3.63, 3.8) is 0 Å². The van der Waals surface area contributed by atoms with Crippen LogP contribution in [-0.4, -0.2) is 28.6 Å². The van der Waals surface area contributed by atoms with E-state index in [-0.39, 0.29) is 23.1 Å². The summed E-state index contributed by atoms with van der Waals surface area (Å²) >= 11 is 5.62. The molecule has 5 rings (SSSR count). The fourth-order valence-electron chi connectivity index (χ4n) is 6.28. The van der Waals surface area contributed by atoms with Gasteiger partial charge < -0.3 is 4.90 Å². The molecule has 3 nitrogen and oxygen atoms in total.